The van der Waals surface area contributed by atoms with E-state index in [-0.39, 0.29) is 16.9 Å². The molecule has 7 heteroatoms. The number of nitrogens with two attached hydrogens (primary N) is 1. The van der Waals surface area contributed by atoms with Crippen molar-refractivity contribution in [2.24, 2.45) is 11.7 Å². The van der Waals surface area contributed by atoms with Crippen molar-refractivity contribution < 1.29 is 17.9 Å². The number of halogens is 1. The Morgan fingerprint density at radius 3 is 2.38 bits per heavy atom. The molecule has 0 saturated carbocycles. The van der Waals surface area contributed by atoms with E-state index in [0.717, 1.165) is 0 Å². The molecule has 0 aliphatic rings. The molecule has 0 heterocycles. The predicted molar refractivity (Wildman–Crippen MR) is 82.0 cm³/mol. The molecule has 1 aromatic rings. The number of ether oxygens (including phenoxy) is 1. The third-order valence-corrected chi connectivity index (χ3v) is 4.37. The largest absolute Gasteiger partial charge is 0.492 e. The Labute approximate surface area is 129 Å². The van der Waals surface area contributed by atoms with Gasteiger partial charge in [-0.05, 0) is 23.6 Å². The Morgan fingerprint density at radius 1 is 1.38 bits per heavy atom. The van der Waals surface area contributed by atoms with Gasteiger partial charge in [0.1, 0.15) is 5.75 Å². The number of rotatable bonds is 5. The topological polar surface area (TPSA) is 86.5 Å². The zero-order valence-electron chi connectivity index (χ0n) is 12.5. The van der Waals surface area contributed by atoms with Crippen molar-refractivity contribution in [3.63, 3.8) is 0 Å². The van der Waals surface area contributed by atoms with Crippen LogP contribution in [0, 0.1) is 5.92 Å². The molecular weight excluding hydrogens is 314 g/mol. The second kappa shape index (κ2) is 6.23. The zero-order chi connectivity index (χ0) is 16.4. The molecule has 1 aromatic carbocycles. The minimum Gasteiger partial charge on any atom is -0.492 e. The Balaban J connectivity index is 3.18. The summed E-state index contributed by atoms with van der Waals surface area (Å²) in [6, 6.07) is 4.41. The van der Waals surface area contributed by atoms with Crippen LogP contribution in [0.1, 0.15) is 33.3 Å². The van der Waals surface area contributed by atoms with E-state index in [4.69, 9.17) is 21.2 Å². The second-order valence-corrected chi connectivity index (χ2v) is 8.53. The average molecular weight is 334 g/mol. The molecule has 0 saturated heterocycles. The van der Waals surface area contributed by atoms with Gasteiger partial charge in [-0.3, -0.25) is 4.79 Å². The van der Waals surface area contributed by atoms with Gasteiger partial charge in [0.25, 0.3) is 9.05 Å². The summed E-state index contributed by atoms with van der Waals surface area (Å²) in [6.07, 6.45) is 0. The Morgan fingerprint density at radius 2 is 1.95 bits per heavy atom. The number of primary amides is 1. The Bertz CT molecular complexity index is 635. The Kier molecular flexibility index (Phi) is 5.28. The third-order valence-electron chi connectivity index (χ3n) is 3.02. The van der Waals surface area contributed by atoms with Gasteiger partial charge in [0.2, 0.25) is 5.91 Å². The van der Waals surface area contributed by atoms with E-state index in [1.807, 2.05) is 20.8 Å². The maximum absolute atomic E-state index is 11.4. The lowest BCUT2D eigenvalue weighted by Crippen LogP contribution is -2.26. The quantitative estimate of drug-likeness (QED) is 0.838. The fourth-order valence-corrected chi connectivity index (χ4v) is 2.45. The molecule has 1 unspecified atom stereocenters. The first kappa shape index (κ1) is 17.8. The van der Waals surface area contributed by atoms with Crippen molar-refractivity contribution in [2.75, 3.05) is 6.61 Å². The van der Waals surface area contributed by atoms with Gasteiger partial charge in [-0.15, -0.1) is 0 Å². The van der Waals surface area contributed by atoms with E-state index in [1.54, 1.807) is 13.0 Å². The summed E-state index contributed by atoms with van der Waals surface area (Å²) in [4.78, 5) is 11.1. The van der Waals surface area contributed by atoms with Gasteiger partial charge >= 0.3 is 0 Å². The minimum atomic E-state index is -3.80. The third kappa shape index (κ3) is 4.89. The lowest BCUT2D eigenvalue weighted by Gasteiger charge is -2.24. The molecule has 0 aliphatic heterocycles. The fourth-order valence-electron chi connectivity index (χ4n) is 1.67. The van der Waals surface area contributed by atoms with Crippen LogP contribution in [-0.2, 0) is 19.3 Å². The van der Waals surface area contributed by atoms with Crippen LogP contribution in [0.25, 0.3) is 0 Å². The maximum Gasteiger partial charge on any atom is 0.261 e. The Hall–Kier alpha value is -1.27. The molecule has 2 N–H and O–H groups in total. The number of hydrogen-bond acceptors (Lipinski definition) is 4. The van der Waals surface area contributed by atoms with Crippen molar-refractivity contribution >= 4 is 25.6 Å². The summed E-state index contributed by atoms with van der Waals surface area (Å²) in [7, 11) is 1.57. The van der Waals surface area contributed by atoms with Crippen LogP contribution in [0.2, 0.25) is 0 Å². The summed E-state index contributed by atoms with van der Waals surface area (Å²) in [6.45, 7) is 7.58. The van der Waals surface area contributed by atoms with Crippen molar-refractivity contribution in [1.82, 2.24) is 0 Å². The molecule has 1 atom stereocenters. The van der Waals surface area contributed by atoms with Gasteiger partial charge in [-0.25, -0.2) is 8.42 Å². The molecule has 5 nitrogen and oxygen atoms in total. The summed E-state index contributed by atoms with van der Waals surface area (Å²) < 4.78 is 28.5. The molecule has 0 fully saturated rings. The highest BCUT2D eigenvalue weighted by atomic mass is 35.7. The number of hydrogen-bond donors (Lipinski definition) is 1. The number of amides is 1. The number of carbonyl (C=O) groups excluding carboxylic acids is 1. The molecule has 0 aromatic heterocycles. The van der Waals surface area contributed by atoms with Crippen LogP contribution >= 0.6 is 10.7 Å². The normalized spacial score (nSPS) is 13.8. The van der Waals surface area contributed by atoms with Crippen molar-refractivity contribution in [1.29, 1.82) is 0 Å². The van der Waals surface area contributed by atoms with Gasteiger partial charge in [0.05, 0.1) is 17.4 Å². The maximum atomic E-state index is 11.4. The first-order valence-corrected chi connectivity index (χ1v) is 8.75. The van der Waals surface area contributed by atoms with Crippen molar-refractivity contribution in [3.8, 4) is 5.75 Å². The molecule has 21 heavy (non-hydrogen) atoms. The number of benzene rings is 1. The van der Waals surface area contributed by atoms with Gasteiger partial charge in [-0.2, -0.15) is 0 Å². The zero-order valence-corrected chi connectivity index (χ0v) is 14.1. The van der Waals surface area contributed by atoms with Crippen LogP contribution in [0.3, 0.4) is 0 Å². The van der Waals surface area contributed by atoms with Crippen LogP contribution in [0.4, 0.5) is 0 Å². The van der Waals surface area contributed by atoms with Gasteiger partial charge in [0.15, 0.2) is 0 Å². The average Bonchev–Trinajstić information content (AvgIpc) is 2.33. The van der Waals surface area contributed by atoms with Gasteiger partial charge in [0, 0.05) is 16.2 Å². The fraction of sp³-hybridized carbons (Fsp3) is 0.500. The molecule has 0 radical (unpaired) electrons. The highest BCUT2D eigenvalue weighted by molar-refractivity contribution is 8.13. The highest BCUT2D eigenvalue weighted by Gasteiger charge is 2.23. The standard InChI is InChI=1S/C14H20ClNO4S/c1-9(13(16)17)8-20-12-6-5-10(21(15,18)19)7-11(12)14(2,3)4/h5-7,9H,8H2,1-4H3,(H2,16,17). The van der Waals surface area contributed by atoms with E-state index < -0.39 is 20.9 Å². The SMILES string of the molecule is CC(COc1ccc(S(=O)(=O)Cl)cc1C(C)(C)C)C(N)=O. The molecule has 1 rings (SSSR count). The summed E-state index contributed by atoms with van der Waals surface area (Å²) in [5, 5.41) is 0. The van der Waals surface area contributed by atoms with Gasteiger partial charge < -0.3 is 10.5 Å². The summed E-state index contributed by atoms with van der Waals surface area (Å²) >= 11 is 0. The lowest BCUT2D eigenvalue weighted by molar-refractivity contribution is -0.122. The van der Waals surface area contributed by atoms with Crippen molar-refractivity contribution in [3.05, 3.63) is 23.8 Å². The summed E-state index contributed by atoms with van der Waals surface area (Å²) in [5.74, 6) is -0.374. The van der Waals surface area contributed by atoms with Crippen LogP contribution in [0.15, 0.2) is 23.1 Å². The number of carbonyl (C=O) groups is 1. The monoisotopic (exact) mass is 333 g/mol. The van der Waals surface area contributed by atoms with Crippen LogP contribution < -0.4 is 10.5 Å². The minimum absolute atomic E-state index is 0.0180. The molecular formula is C14H20ClNO4S. The molecule has 118 valence electrons. The predicted octanol–water partition coefficient (Wildman–Crippen LogP) is 2.41. The van der Waals surface area contributed by atoms with Crippen LogP contribution in [-0.4, -0.2) is 20.9 Å². The highest BCUT2D eigenvalue weighted by Crippen LogP contribution is 2.34. The van der Waals surface area contributed by atoms with E-state index in [0.29, 0.717) is 11.3 Å². The lowest BCUT2D eigenvalue weighted by atomic mass is 9.86. The van der Waals surface area contributed by atoms with E-state index >= 15 is 0 Å². The molecule has 1 amide bonds. The van der Waals surface area contributed by atoms with Crippen molar-refractivity contribution in [2.45, 2.75) is 38.0 Å². The van der Waals surface area contributed by atoms with Gasteiger partial charge in [-0.1, -0.05) is 27.7 Å². The smallest absolute Gasteiger partial charge is 0.261 e. The first-order valence-electron chi connectivity index (χ1n) is 6.44. The second-order valence-electron chi connectivity index (χ2n) is 5.96. The van der Waals surface area contributed by atoms with E-state index in [1.165, 1.54) is 12.1 Å². The van der Waals surface area contributed by atoms with Crippen LogP contribution in [0.5, 0.6) is 5.75 Å². The molecule has 0 aliphatic carbocycles. The molecule has 0 bridgehead atoms. The summed E-state index contributed by atoms with van der Waals surface area (Å²) in [5.41, 5.74) is 5.54. The van der Waals surface area contributed by atoms with E-state index in [2.05, 4.69) is 0 Å². The molecule has 0 spiro atoms. The van der Waals surface area contributed by atoms with E-state index in [9.17, 15) is 13.2 Å². The first-order chi connectivity index (χ1) is 9.43.